The summed E-state index contributed by atoms with van der Waals surface area (Å²) in [4.78, 5) is 103. The number of halogens is 1. The fourth-order valence-corrected chi connectivity index (χ4v) is 10.8. The van der Waals surface area contributed by atoms with Crippen LogP contribution in [0.3, 0.4) is 0 Å². The largest absolute Gasteiger partial charge is 0.494 e. The Labute approximate surface area is 428 Å². The van der Waals surface area contributed by atoms with Crippen LogP contribution in [0.15, 0.2) is 97.6 Å². The second-order valence-electron chi connectivity index (χ2n) is 19.4. The number of hydrogen-bond acceptors (Lipinski definition) is 13. The zero-order valence-electron chi connectivity index (χ0n) is 40.6. The second kappa shape index (κ2) is 22.2. The SMILES string of the molecule is O=C1CCC(N2C(=O)c3ccc(OCCCCCCCN4CCN(c5ccc(C(=O)N6CCC[C@@H](Cc7ncnc8[nH]cc(C(=O)c9ccc(Oc%10ccccc%10)cc9Cl)c78)C6)cn5)CC4)cc3C2=O)C(=O)C1. The molecule has 3 amide bonds. The molecule has 0 bridgehead atoms. The number of aromatic nitrogens is 4. The Morgan fingerprint density at radius 1 is 0.753 bits per heavy atom. The molecule has 4 aliphatic rings. The summed E-state index contributed by atoms with van der Waals surface area (Å²) in [7, 11) is 0. The number of Topliss-reactive ketones (excluding diaryl/α,β-unsaturated/α-hetero) is 2. The number of amides is 3. The molecule has 17 heteroatoms. The third-order valence-corrected chi connectivity index (χ3v) is 14.8. The smallest absolute Gasteiger partial charge is 0.262 e. The Morgan fingerprint density at radius 2 is 1.55 bits per heavy atom. The normalized spacial score (nSPS) is 18.4. The van der Waals surface area contributed by atoms with Crippen LogP contribution in [-0.4, -0.2) is 128 Å². The summed E-state index contributed by atoms with van der Waals surface area (Å²) in [6.45, 7) is 6.35. The Hall–Kier alpha value is -7.30. The van der Waals surface area contributed by atoms with Crippen LogP contribution in [0.5, 0.6) is 17.2 Å². The first kappa shape index (κ1) is 49.3. The lowest BCUT2D eigenvalue weighted by Gasteiger charge is -2.35. The first-order chi connectivity index (χ1) is 35.6. The number of benzene rings is 3. The summed E-state index contributed by atoms with van der Waals surface area (Å²) in [5.41, 5.74) is 3.17. The summed E-state index contributed by atoms with van der Waals surface area (Å²) in [6.07, 6.45) is 12.5. The molecule has 1 unspecified atom stereocenters. The van der Waals surface area contributed by atoms with Gasteiger partial charge in [0.15, 0.2) is 11.6 Å². The number of para-hydroxylation sites is 1. The number of rotatable bonds is 18. The Kier molecular flexibility index (Phi) is 15.0. The molecule has 1 aliphatic carbocycles. The van der Waals surface area contributed by atoms with Crippen LogP contribution in [0.2, 0.25) is 5.02 Å². The Morgan fingerprint density at radius 3 is 2.34 bits per heavy atom. The molecular weight excluding hydrogens is 948 g/mol. The molecule has 6 heterocycles. The molecule has 3 aromatic heterocycles. The van der Waals surface area contributed by atoms with Crippen molar-refractivity contribution < 1.29 is 38.2 Å². The average Bonchev–Trinajstić information content (AvgIpc) is 3.95. The summed E-state index contributed by atoms with van der Waals surface area (Å²) in [5.74, 6) is 0.879. The molecule has 1 N–H and O–H groups in total. The number of nitrogens with one attached hydrogen (secondary N) is 1. The van der Waals surface area contributed by atoms with Gasteiger partial charge in [0.1, 0.15) is 40.8 Å². The number of aromatic amines is 1. The van der Waals surface area contributed by atoms with Crippen molar-refractivity contribution in [3.05, 3.63) is 136 Å². The molecule has 16 nitrogen and oxygen atoms in total. The van der Waals surface area contributed by atoms with Crippen LogP contribution >= 0.6 is 11.6 Å². The highest BCUT2D eigenvalue weighted by molar-refractivity contribution is 6.35. The van der Waals surface area contributed by atoms with Crippen LogP contribution in [0.1, 0.15) is 117 Å². The van der Waals surface area contributed by atoms with Gasteiger partial charge in [-0.05, 0) is 106 Å². The number of fused-ring (bicyclic) bond motifs is 2. The third kappa shape index (κ3) is 11.1. The molecule has 0 radical (unpaired) electrons. The number of unbranched alkanes of at least 4 members (excludes halogenated alkanes) is 4. The Bertz CT molecular complexity index is 3050. The summed E-state index contributed by atoms with van der Waals surface area (Å²) < 4.78 is 11.9. The number of hydrogen-bond donors (Lipinski definition) is 1. The number of carbonyl (C=O) groups excluding carboxylic acids is 6. The maximum absolute atomic E-state index is 14.0. The van der Waals surface area contributed by atoms with Gasteiger partial charge in [-0.15, -0.1) is 0 Å². The predicted molar refractivity (Wildman–Crippen MR) is 274 cm³/mol. The minimum Gasteiger partial charge on any atom is -0.494 e. The van der Waals surface area contributed by atoms with E-state index in [-0.39, 0.29) is 64.6 Å². The van der Waals surface area contributed by atoms with E-state index in [2.05, 4.69) is 24.8 Å². The van der Waals surface area contributed by atoms with E-state index in [9.17, 15) is 28.8 Å². The van der Waals surface area contributed by atoms with Crippen molar-refractivity contribution in [1.82, 2.24) is 34.6 Å². The molecule has 73 heavy (non-hydrogen) atoms. The van der Waals surface area contributed by atoms with Crippen LogP contribution in [-0.2, 0) is 16.0 Å². The number of pyridine rings is 1. The van der Waals surface area contributed by atoms with Gasteiger partial charge in [-0.2, -0.15) is 0 Å². The number of anilines is 1. The van der Waals surface area contributed by atoms with Crippen molar-refractivity contribution in [3.8, 4) is 17.2 Å². The second-order valence-corrected chi connectivity index (χ2v) is 19.8. The highest BCUT2D eigenvalue weighted by atomic mass is 35.5. The number of carbonyl (C=O) groups is 6. The van der Waals surface area contributed by atoms with Gasteiger partial charge in [0, 0.05) is 69.7 Å². The highest BCUT2D eigenvalue weighted by Crippen LogP contribution is 2.34. The van der Waals surface area contributed by atoms with Crippen molar-refractivity contribution >= 4 is 63.5 Å². The fourth-order valence-electron chi connectivity index (χ4n) is 10.5. The molecule has 2 atom stereocenters. The monoisotopic (exact) mass is 1000 g/mol. The van der Waals surface area contributed by atoms with Crippen molar-refractivity contribution in [2.45, 2.75) is 76.7 Å². The van der Waals surface area contributed by atoms with E-state index in [1.54, 1.807) is 48.8 Å². The van der Waals surface area contributed by atoms with Gasteiger partial charge in [0.25, 0.3) is 17.7 Å². The first-order valence-corrected chi connectivity index (χ1v) is 25.8. The highest BCUT2D eigenvalue weighted by Gasteiger charge is 2.44. The van der Waals surface area contributed by atoms with E-state index in [4.69, 9.17) is 26.1 Å². The van der Waals surface area contributed by atoms with Gasteiger partial charge in [0.2, 0.25) is 0 Å². The zero-order valence-corrected chi connectivity index (χ0v) is 41.4. The van der Waals surface area contributed by atoms with Crippen molar-refractivity contribution in [2.24, 2.45) is 5.92 Å². The molecule has 2 saturated heterocycles. The van der Waals surface area contributed by atoms with E-state index in [1.807, 2.05) is 47.4 Å². The molecule has 10 rings (SSSR count). The lowest BCUT2D eigenvalue weighted by atomic mass is 9.91. The standard InChI is InChI=1S/C56H57ClN8O8/c57-46-31-41(73-39-11-5-4-6-12-39)16-18-43(46)52(68)45-33-59-53-51(45)47(60-35-61-53)28-36-10-9-22-64(34-36)54(69)37-13-20-50(58-32-37)63-25-23-62(24-26-63)21-7-2-1-3-8-27-72-40-15-17-42-44(30-40)56(71)65(55(42)70)48-19-14-38(66)29-49(48)67/h4-6,11-13,15-18,20,30-33,35-36,48H,1-3,7-10,14,19,21-29,34H2,(H,59,60,61)/t36-,48?/m0/s1. The van der Waals surface area contributed by atoms with E-state index >= 15 is 0 Å². The van der Waals surface area contributed by atoms with Crippen molar-refractivity contribution in [2.75, 3.05) is 57.3 Å². The fraction of sp³-hybridized carbons (Fsp3) is 0.375. The number of imide groups is 1. The lowest BCUT2D eigenvalue weighted by Crippen LogP contribution is -2.47. The maximum Gasteiger partial charge on any atom is 0.262 e. The molecule has 376 valence electrons. The van der Waals surface area contributed by atoms with Crippen molar-refractivity contribution in [3.63, 3.8) is 0 Å². The quantitative estimate of drug-likeness (QED) is 0.0374. The van der Waals surface area contributed by atoms with E-state index in [0.717, 1.165) is 94.1 Å². The van der Waals surface area contributed by atoms with E-state index < -0.39 is 17.9 Å². The van der Waals surface area contributed by atoms with Crippen molar-refractivity contribution in [1.29, 1.82) is 0 Å². The van der Waals surface area contributed by atoms with Gasteiger partial charge in [-0.1, -0.05) is 49.1 Å². The summed E-state index contributed by atoms with van der Waals surface area (Å²) >= 11 is 6.67. The van der Waals surface area contributed by atoms with E-state index in [0.29, 0.717) is 71.1 Å². The first-order valence-electron chi connectivity index (χ1n) is 25.4. The van der Waals surface area contributed by atoms with Crippen LogP contribution in [0, 0.1) is 5.92 Å². The number of ketones is 3. The summed E-state index contributed by atoms with van der Waals surface area (Å²) in [6, 6.07) is 22.2. The Balaban J connectivity index is 0.638. The molecule has 3 aliphatic heterocycles. The molecule has 3 fully saturated rings. The molecule has 6 aromatic rings. The van der Waals surface area contributed by atoms with Gasteiger partial charge in [-0.25, -0.2) is 15.0 Å². The minimum absolute atomic E-state index is 0.0420. The number of nitrogens with zero attached hydrogens (tertiary/aromatic N) is 7. The van der Waals surface area contributed by atoms with Gasteiger partial charge < -0.3 is 24.3 Å². The topological polar surface area (TPSA) is 188 Å². The van der Waals surface area contributed by atoms with Crippen LogP contribution < -0.4 is 14.4 Å². The number of ether oxygens (including phenoxy) is 2. The molecule has 1 saturated carbocycles. The number of likely N-dealkylation sites (tertiary alicyclic amines) is 1. The van der Waals surface area contributed by atoms with Crippen LogP contribution in [0.25, 0.3) is 11.0 Å². The number of piperazine rings is 1. The van der Waals surface area contributed by atoms with Crippen LogP contribution in [0.4, 0.5) is 5.82 Å². The molecule has 0 spiro atoms. The third-order valence-electron chi connectivity index (χ3n) is 14.5. The lowest BCUT2D eigenvalue weighted by molar-refractivity contribution is -0.132. The van der Waals surface area contributed by atoms with Gasteiger partial charge in [0.05, 0.1) is 57.4 Å². The minimum atomic E-state index is -0.886. The number of H-pyrrole nitrogens is 1. The molecule has 3 aromatic carbocycles. The summed E-state index contributed by atoms with van der Waals surface area (Å²) in [5, 5.41) is 0.939. The predicted octanol–water partition coefficient (Wildman–Crippen LogP) is 8.56. The van der Waals surface area contributed by atoms with Gasteiger partial charge >= 0.3 is 0 Å². The average molecular weight is 1010 g/mol. The zero-order chi connectivity index (χ0) is 50.4. The molecular formula is C56H57ClN8O8. The van der Waals surface area contributed by atoms with Gasteiger partial charge in [-0.3, -0.25) is 38.6 Å². The number of piperidine rings is 1. The maximum atomic E-state index is 14.0. The van der Waals surface area contributed by atoms with E-state index in [1.165, 1.54) is 6.33 Å².